The van der Waals surface area contributed by atoms with Crippen molar-refractivity contribution in [1.29, 1.82) is 0 Å². The van der Waals surface area contributed by atoms with E-state index >= 15 is 0 Å². The Balaban J connectivity index is 1.84. The van der Waals surface area contributed by atoms with Gasteiger partial charge in [-0.2, -0.15) is 0 Å². The molecule has 128 valence electrons. The highest BCUT2D eigenvalue weighted by atomic mass is 16.5. The number of aryl methyl sites for hydroxylation is 1. The first-order valence-electron chi connectivity index (χ1n) is 8.06. The van der Waals surface area contributed by atoms with Crippen molar-refractivity contribution in [1.82, 2.24) is 10.3 Å². The molecule has 0 fully saturated rings. The molecule has 1 unspecified atom stereocenters. The summed E-state index contributed by atoms with van der Waals surface area (Å²) in [7, 11) is 0. The predicted octanol–water partition coefficient (Wildman–Crippen LogP) is 3.16. The molecule has 0 bridgehead atoms. The lowest BCUT2D eigenvalue weighted by Gasteiger charge is -2.27. The van der Waals surface area contributed by atoms with Crippen LogP contribution in [0.3, 0.4) is 0 Å². The minimum Gasteiger partial charge on any atom is -0.487 e. The van der Waals surface area contributed by atoms with Crippen LogP contribution in [0.15, 0.2) is 48.8 Å². The monoisotopic (exact) mass is 327 g/mol. The number of hydrogen-bond acceptors (Lipinski definition) is 4. The number of pyridine rings is 1. The van der Waals surface area contributed by atoms with E-state index < -0.39 is 5.54 Å². The zero-order chi connectivity index (χ0) is 17.6. The van der Waals surface area contributed by atoms with E-state index in [-0.39, 0.29) is 12.0 Å². The van der Waals surface area contributed by atoms with Crippen LogP contribution in [0.25, 0.3) is 0 Å². The van der Waals surface area contributed by atoms with Crippen LogP contribution in [0.5, 0.6) is 5.75 Å². The Hall–Kier alpha value is -2.56. The third-order valence-corrected chi connectivity index (χ3v) is 3.60. The Morgan fingerprint density at radius 3 is 2.58 bits per heavy atom. The highest BCUT2D eigenvalue weighted by Gasteiger charge is 2.27. The molecule has 2 N–H and O–H groups in total. The number of amides is 1. The fourth-order valence-electron chi connectivity index (χ4n) is 2.20. The molecule has 0 aliphatic heterocycles. The van der Waals surface area contributed by atoms with E-state index in [0.29, 0.717) is 12.3 Å². The van der Waals surface area contributed by atoms with Crippen molar-refractivity contribution in [2.24, 2.45) is 0 Å². The average molecular weight is 327 g/mol. The van der Waals surface area contributed by atoms with Crippen LogP contribution in [0.2, 0.25) is 0 Å². The number of rotatable bonds is 7. The van der Waals surface area contributed by atoms with E-state index in [1.54, 1.807) is 12.4 Å². The first-order chi connectivity index (χ1) is 11.4. The van der Waals surface area contributed by atoms with Crippen molar-refractivity contribution in [3.8, 4) is 5.75 Å². The van der Waals surface area contributed by atoms with Crippen LogP contribution in [0.4, 0.5) is 5.69 Å². The lowest BCUT2D eigenvalue weighted by molar-refractivity contribution is -0.124. The number of hydrogen-bond donors (Lipinski definition) is 2. The van der Waals surface area contributed by atoms with Gasteiger partial charge in [0.25, 0.3) is 0 Å². The van der Waals surface area contributed by atoms with Gasteiger partial charge in [0.2, 0.25) is 5.91 Å². The SMILES string of the molecule is Cc1ccc(NC(C)(C)C(=O)NCC(C)Oc2cccnc2)cc1. The van der Waals surface area contributed by atoms with Crippen LogP contribution >= 0.6 is 0 Å². The largest absolute Gasteiger partial charge is 0.487 e. The molecule has 1 amide bonds. The lowest BCUT2D eigenvalue weighted by Crippen LogP contribution is -2.49. The molecule has 5 nitrogen and oxygen atoms in total. The van der Waals surface area contributed by atoms with E-state index in [0.717, 1.165) is 5.69 Å². The van der Waals surface area contributed by atoms with Gasteiger partial charge in [0.05, 0.1) is 12.7 Å². The summed E-state index contributed by atoms with van der Waals surface area (Å²) in [5, 5.41) is 6.18. The smallest absolute Gasteiger partial charge is 0.245 e. The van der Waals surface area contributed by atoms with Crippen LogP contribution < -0.4 is 15.4 Å². The molecule has 0 radical (unpaired) electrons. The fourth-order valence-corrected chi connectivity index (χ4v) is 2.20. The quantitative estimate of drug-likeness (QED) is 0.820. The summed E-state index contributed by atoms with van der Waals surface area (Å²) >= 11 is 0. The fraction of sp³-hybridized carbons (Fsp3) is 0.368. The third kappa shape index (κ3) is 5.26. The molecular formula is C19H25N3O2. The van der Waals surface area contributed by atoms with Crippen molar-refractivity contribution >= 4 is 11.6 Å². The number of nitrogens with one attached hydrogen (secondary N) is 2. The summed E-state index contributed by atoms with van der Waals surface area (Å²) in [6, 6.07) is 11.6. The zero-order valence-electron chi connectivity index (χ0n) is 14.7. The first kappa shape index (κ1) is 17.8. The summed E-state index contributed by atoms with van der Waals surface area (Å²) in [6.07, 6.45) is 3.20. The van der Waals surface area contributed by atoms with Crippen LogP contribution in [0.1, 0.15) is 26.3 Å². The minimum absolute atomic E-state index is 0.0790. The lowest BCUT2D eigenvalue weighted by atomic mass is 10.0. The highest BCUT2D eigenvalue weighted by molar-refractivity contribution is 5.88. The standard InChI is InChI=1S/C19H25N3O2/c1-14-7-9-16(10-8-14)22-19(3,4)18(23)21-12-15(2)24-17-6-5-11-20-13-17/h5-11,13,15,22H,12H2,1-4H3,(H,21,23). The molecule has 5 heteroatoms. The number of benzene rings is 1. The molecule has 1 atom stereocenters. The molecule has 24 heavy (non-hydrogen) atoms. The van der Waals surface area contributed by atoms with Gasteiger partial charge in [0, 0.05) is 11.9 Å². The molecule has 0 spiro atoms. The number of carbonyl (C=O) groups excluding carboxylic acids is 1. The Bertz CT molecular complexity index is 654. The maximum atomic E-state index is 12.5. The molecule has 0 saturated heterocycles. The van der Waals surface area contributed by atoms with Crippen LogP contribution in [-0.4, -0.2) is 29.1 Å². The molecule has 0 aliphatic carbocycles. The molecule has 1 heterocycles. The van der Waals surface area contributed by atoms with E-state index in [9.17, 15) is 4.79 Å². The molecule has 2 rings (SSSR count). The summed E-state index contributed by atoms with van der Waals surface area (Å²) in [5.41, 5.74) is 1.38. The number of ether oxygens (including phenoxy) is 1. The second kappa shape index (κ2) is 7.81. The number of anilines is 1. The third-order valence-electron chi connectivity index (χ3n) is 3.60. The maximum absolute atomic E-state index is 12.5. The number of carbonyl (C=O) groups is 1. The summed E-state index contributed by atoms with van der Waals surface area (Å²) in [4.78, 5) is 16.5. The highest BCUT2D eigenvalue weighted by Crippen LogP contribution is 2.16. The Labute approximate surface area is 143 Å². The van der Waals surface area contributed by atoms with Gasteiger partial charge < -0.3 is 15.4 Å². The minimum atomic E-state index is -0.719. The molecular weight excluding hydrogens is 302 g/mol. The van der Waals surface area contributed by atoms with Crippen molar-refractivity contribution < 1.29 is 9.53 Å². The second-order valence-electron chi connectivity index (χ2n) is 6.44. The van der Waals surface area contributed by atoms with Crippen molar-refractivity contribution in [2.45, 2.75) is 39.3 Å². The van der Waals surface area contributed by atoms with Gasteiger partial charge in [-0.1, -0.05) is 17.7 Å². The van der Waals surface area contributed by atoms with Gasteiger partial charge in [0.15, 0.2) is 0 Å². The van der Waals surface area contributed by atoms with Crippen molar-refractivity contribution in [2.75, 3.05) is 11.9 Å². The molecule has 1 aromatic heterocycles. The van der Waals surface area contributed by atoms with E-state index in [1.807, 2.05) is 64.1 Å². The number of nitrogens with zero attached hydrogens (tertiary/aromatic N) is 1. The zero-order valence-corrected chi connectivity index (χ0v) is 14.7. The van der Waals surface area contributed by atoms with Crippen LogP contribution in [0, 0.1) is 6.92 Å². The van der Waals surface area contributed by atoms with Gasteiger partial charge in [-0.25, -0.2) is 0 Å². The second-order valence-corrected chi connectivity index (χ2v) is 6.44. The van der Waals surface area contributed by atoms with Gasteiger partial charge in [-0.3, -0.25) is 9.78 Å². The van der Waals surface area contributed by atoms with Gasteiger partial charge in [-0.05, 0) is 52.0 Å². The summed E-state index contributed by atoms with van der Waals surface area (Å²) in [5.74, 6) is 0.612. The summed E-state index contributed by atoms with van der Waals surface area (Å²) < 4.78 is 5.71. The average Bonchev–Trinajstić information content (AvgIpc) is 2.55. The molecule has 0 saturated carbocycles. The number of aromatic nitrogens is 1. The van der Waals surface area contributed by atoms with Crippen molar-refractivity contribution in [3.05, 3.63) is 54.4 Å². The Morgan fingerprint density at radius 1 is 1.25 bits per heavy atom. The van der Waals surface area contributed by atoms with E-state index in [2.05, 4.69) is 15.6 Å². The van der Waals surface area contributed by atoms with Crippen molar-refractivity contribution in [3.63, 3.8) is 0 Å². The first-order valence-corrected chi connectivity index (χ1v) is 8.06. The maximum Gasteiger partial charge on any atom is 0.245 e. The van der Waals surface area contributed by atoms with E-state index in [4.69, 9.17) is 4.74 Å². The molecule has 1 aromatic carbocycles. The topological polar surface area (TPSA) is 63.2 Å². The van der Waals surface area contributed by atoms with E-state index in [1.165, 1.54) is 5.56 Å². The van der Waals surface area contributed by atoms with Gasteiger partial charge in [-0.15, -0.1) is 0 Å². The molecule has 0 aliphatic rings. The Morgan fingerprint density at radius 2 is 1.96 bits per heavy atom. The Kier molecular flexibility index (Phi) is 5.79. The van der Waals surface area contributed by atoms with Gasteiger partial charge in [0.1, 0.15) is 17.4 Å². The summed E-state index contributed by atoms with van der Waals surface area (Å²) in [6.45, 7) is 8.08. The normalized spacial score (nSPS) is 12.3. The van der Waals surface area contributed by atoms with Gasteiger partial charge >= 0.3 is 0 Å². The predicted molar refractivity (Wildman–Crippen MR) is 96.2 cm³/mol. The molecule has 2 aromatic rings. The van der Waals surface area contributed by atoms with Crippen LogP contribution in [-0.2, 0) is 4.79 Å².